The molecule has 2 aromatic carbocycles. The highest BCUT2D eigenvalue weighted by Gasteiger charge is 2.20. The SMILES string of the molecule is CNC(c1ccc(F)c(F)c1)c1c(F)cccc1Cl. The summed E-state index contributed by atoms with van der Waals surface area (Å²) in [4.78, 5) is 0. The Labute approximate surface area is 114 Å². The molecule has 0 bridgehead atoms. The molecule has 2 rings (SSSR count). The predicted octanol–water partition coefficient (Wildman–Crippen LogP) is 4.07. The van der Waals surface area contributed by atoms with Crippen molar-refractivity contribution in [1.29, 1.82) is 0 Å². The molecule has 0 radical (unpaired) electrons. The standard InChI is InChI=1S/C14H11ClF3N/c1-19-14(8-5-6-10(16)12(18)7-8)13-9(15)3-2-4-11(13)17/h2-7,14,19H,1H3. The molecule has 19 heavy (non-hydrogen) atoms. The number of hydrogen-bond donors (Lipinski definition) is 1. The van der Waals surface area contributed by atoms with Gasteiger partial charge in [-0.3, -0.25) is 0 Å². The maximum atomic E-state index is 13.9. The minimum absolute atomic E-state index is 0.206. The van der Waals surface area contributed by atoms with Crippen LogP contribution in [-0.4, -0.2) is 7.05 Å². The Balaban J connectivity index is 2.53. The molecule has 1 unspecified atom stereocenters. The summed E-state index contributed by atoms with van der Waals surface area (Å²) < 4.78 is 40.1. The largest absolute Gasteiger partial charge is 0.309 e. The highest BCUT2D eigenvalue weighted by atomic mass is 35.5. The van der Waals surface area contributed by atoms with Crippen molar-refractivity contribution in [2.75, 3.05) is 7.05 Å². The second-order valence-electron chi connectivity index (χ2n) is 4.03. The fraction of sp³-hybridized carbons (Fsp3) is 0.143. The van der Waals surface area contributed by atoms with E-state index in [0.29, 0.717) is 5.56 Å². The van der Waals surface area contributed by atoms with Crippen LogP contribution in [0.5, 0.6) is 0 Å². The van der Waals surface area contributed by atoms with E-state index in [2.05, 4.69) is 5.32 Å². The van der Waals surface area contributed by atoms with E-state index in [1.54, 1.807) is 13.1 Å². The van der Waals surface area contributed by atoms with E-state index in [1.165, 1.54) is 18.2 Å². The summed E-state index contributed by atoms with van der Waals surface area (Å²) in [6, 6.07) is 7.07. The zero-order chi connectivity index (χ0) is 14.0. The zero-order valence-electron chi connectivity index (χ0n) is 10.1. The fourth-order valence-corrected chi connectivity index (χ4v) is 2.23. The third kappa shape index (κ3) is 2.74. The molecule has 0 spiro atoms. The van der Waals surface area contributed by atoms with Gasteiger partial charge in [-0.2, -0.15) is 0 Å². The van der Waals surface area contributed by atoms with Crippen LogP contribution in [0.3, 0.4) is 0 Å². The van der Waals surface area contributed by atoms with Gasteiger partial charge in [0.05, 0.1) is 6.04 Å². The monoisotopic (exact) mass is 285 g/mol. The molecular weight excluding hydrogens is 275 g/mol. The van der Waals surface area contributed by atoms with Crippen LogP contribution in [0.1, 0.15) is 17.2 Å². The molecule has 0 saturated heterocycles. The fourth-order valence-electron chi connectivity index (χ4n) is 1.96. The first-order valence-corrected chi connectivity index (χ1v) is 5.98. The lowest BCUT2D eigenvalue weighted by molar-refractivity contribution is 0.503. The summed E-state index contributed by atoms with van der Waals surface area (Å²) in [5, 5.41) is 3.08. The number of rotatable bonds is 3. The number of halogens is 4. The average Bonchev–Trinajstić information content (AvgIpc) is 2.37. The average molecular weight is 286 g/mol. The van der Waals surface area contributed by atoms with Gasteiger partial charge in [-0.05, 0) is 36.9 Å². The molecule has 0 aliphatic heterocycles. The van der Waals surface area contributed by atoms with Crippen molar-refractivity contribution < 1.29 is 13.2 Å². The molecule has 0 amide bonds. The lowest BCUT2D eigenvalue weighted by atomic mass is 9.98. The smallest absolute Gasteiger partial charge is 0.159 e. The van der Waals surface area contributed by atoms with Crippen LogP contribution in [0, 0.1) is 17.5 Å². The Kier molecular flexibility index (Phi) is 4.12. The second kappa shape index (κ2) is 5.63. The molecule has 0 fully saturated rings. The van der Waals surface area contributed by atoms with Crippen molar-refractivity contribution in [2.24, 2.45) is 0 Å². The number of hydrogen-bond acceptors (Lipinski definition) is 1. The van der Waals surface area contributed by atoms with E-state index in [4.69, 9.17) is 11.6 Å². The molecule has 0 heterocycles. The molecule has 0 saturated carbocycles. The lowest BCUT2D eigenvalue weighted by Gasteiger charge is -2.19. The molecule has 5 heteroatoms. The van der Waals surface area contributed by atoms with Crippen molar-refractivity contribution in [1.82, 2.24) is 5.32 Å². The molecule has 2 aromatic rings. The predicted molar refractivity (Wildman–Crippen MR) is 68.7 cm³/mol. The summed E-state index contributed by atoms with van der Waals surface area (Å²) in [7, 11) is 1.59. The minimum Gasteiger partial charge on any atom is -0.309 e. The maximum Gasteiger partial charge on any atom is 0.159 e. The quantitative estimate of drug-likeness (QED) is 0.896. The lowest BCUT2D eigenvalue weighted by Crippen LogP contribution is -2.19. The molecule has 1 atom stereocenters. The van der Waals surface area contributed by atoms with Gasteiger partial charge >= 0.3 is 0 Å². The van der Waals surface area contributed by atoms with Gasteiger partial charge in [0.25, 0.3) is 0 Å². The van der Waals surface area contributed by atoms with Crippen molar-refractivity contribution in [3.8, 4) is 0 Å². The van der Waals surface area contributed by atoms with E-state index in [1.807, 2.05) is 0 Å². The third-order valence-electron chi connectivity index (χ3n) is 2.85. The van der Waals surface area contributed by atoms with E-state index in [-0.39, 0.29) is 10.6 Å². The molecule has 0 aliphatic carbocycles. The van der Waals surface area contributed by atoms with E-state index < -0.39 is 23.5 Å². The van der Waals surface area contributed by atoms with E-state index >= 15 is 0 Å². The first-order chi connectivity index (χ1) is 9.04. The van der Waals surface area contributed by atoms with Crippen molar-refractivity contribution >= 4 is 11.6 Å². The normalized spacial score (nSPS) is 12.5. The van der Waals surface area contributed by atoms with Gasteiger partial charge < -0.3 is 5.32 Å². The van der Waals surface area contributed by atoms with Crippen LogP contribution in [0.15, 0.2) is 36.4 Å². The van der Waals surface area contributed by atoms with Crippen LogP contribution in [-0.2, 0) is 0 Å². The van der Waals surface area contributed by atoms with Gasteiger partial charge in [0.2, 0.25) is 0 Å². The van der Waals surface area contributed by atoms with Crippen LogP contribution >= 0.6 is 11.6 Å². The Morgan fingerprint density at radius 3 is 2.32 bits per heavy atom. The van der Waals surface area contributed by atoms with Crippen LogP contribution in [0.25, 0.3) is 0 Å². The highest BCUT2D eigenvalue weighted by molar-refractivity contribution is 6.31. The highest BCUT2D eigenvalue weighted by Crippen LogP contribution is 2.30. The molecule has 0 aliphatic rings. The van der Waals surface area contributed by atoms with Gasteiger partial charge in [0.15, 0.2) is 11.6 Å². The van der Waals surface area contributed by atoms with E-state index in [9.17, 15) is 13.2 Å². The zero-order valence-corrected chi connectivity index (χ0v) is 10.8. The van der Waals surface area contributed by atoms with Gasteiger partial charge in [-0.15, -0.1) is 0 Å². The van der Waals surface area contributed by atoms with Crippen LogP contribution in [0.4, 0.5) is 13.2 Å². The molecule has 1 nitrogen and oxygen atoms in total. The Morgan fingerprint density at radius 2 is 1.74 bits per heavy atom. The Morgan fingerprint density at radius 1 is 1.00 bits per heavy atom. The van der Waals surface area contributed by atoms with Gasteiger partial charge in [-0.25, -0.2) is 13.2 Å². The number of nitrogens with one attached hydrogen (secondary N) is 1. The summed E-state index contributed by atoms with van der Waals surface area (Å²) >= 11 is 5.98. The van der Waals surface area contributed by atoms with Crippen molar-refractivity contribution in [3.63, 3.8) is 0 Å². The molecule has 0 aromatic heterocycles. The van der Waals surface area contributed by atoms with Crippen LogP contribution < -0.4 is 5.32 Å². The van der Waals surface area contributed by atoms with Crippen molar-refractivity contribution in [2.45, 2.75) is 6.04 Å². The second-order valence-corrected chi connectivity index (χ2v) is 4.44. The maximum absolute atomic E-state index is 13.9. The summed E-state index contributed by atoms with van der Waals surface area (Å²) in [5.41, 5.74) is 0.603. The van der Waals surface area contributed by atoms with E-state index in [0.717, 1.165) is 12.1 Å². The Hall–Kier alpha value is -1.52. The first kappa shape index (κ1) is 13.9. The topological polar surface area (TPSA) is 12.0 Å². The molecule has 100 valence electrons. The third-order valence-corrected chi connectivity index (χ3v) is 3.18. The Bertz CT molecular complexity index is 581. The van der Waals surface area contributed by atoms with Crippen molar-refractivity contribution in [3.05, 3.63) is 70.0 Å². The molecule has 1 N–H and O–H groups in total. The summed E-state index contributed by atoms with van der Waals surface area (Å²) in [6.07, 6.45) is 0. The first-order valence-electron chi connectivity index (χ1n) is 5.60. The van der Waals surface area contributed by atoms with Gasteiger partial charge in [0.1, 0.15) is 5.82 Å². The minimum atomic E-state index is -0.981. The van der Waals surface area contributed by atoms with Gasteiger partial charge in [0, 0.05) is 10.6 Å². The molecular formula is C14H11ClF3N. The summed E-state index contributed by atoms with van der Waals surface area (Å²) in [6.45, 7) is 0. The number of benzene rings is 2. The van der Waals surface area contributed by atoms with Crippen LogP contribution in [0.2, 0.25) is 5.02 Å². The van der Waals surface area contributed by atoms with Gasteiger partial charge in [-0.1, -0.05) is 23.7 Å². The summed E-state index contributed by atoms with van der Waals surface area (Å²) in [5.74, 6) is -2.43.